The first-order valence-electron chi connectivity index (χ1n) is 15.5. The van der Waals surface area contributed by atoms with Gasteiger partial charge in [0.15, 0.2) is 0 Å². The second-order valence-electron chi connectivity index (χ2n) is 11.6. The zero-order valence-corrected chi connectivity index (χ0v) is 28.0. The SMILES string of the molecule is O=C(NC1CCCCC1)C(Cc1ccccc1)N(Cc1c(Cl)cccc1Cl)C(=O)CN(c1ccc(F)cc1)S(=O)(=O)c1ccccc1. The monoisotopic (exact) mass is 695 g/mol. The van der Waals surface area contributed by atoms with Crippen LogP contribution in [0.4, 0.5) is 10.1 Å². The number of sulfonamides is 1. The van der Waals surface area contributed by atoms with Crippen LogP contribution >= 0.6 is 23.2 Å². The zero-order chi connectivity index (χ0) is 33.4. The summed E-state index contributed by atoms with van der Waals surface area (Å²) in [6, 6.07) is 25.8. The van der Waals surface area contributed by atoms with E-state index in [2.05, 4.69) is 5.32 Å². The van der Waals surface area contributed by atoms with Gasteiger partial charge < -0.3 is 10.2 Å². The summed E-state index contributed by atoms with van der Waals surface area (Å²) in [5.74, 6) is -1.57. The van der Waals surface area contributed by atoms with Gasteiger partial charge in [0.2, 0.25) is 11.8 Å². The molecule has 1 aliphatic carbocycles. The standard InChI is InChI=1S/C36H36Cl2FN3O4S/c37-32-17-10-18-33(38)31(32)24-41(34(23-26-11-4-1-5-12-26)36(44)40-28-13-6-2-7-14-28)35(43)25-42(29-21-19-27(39)20-22-29)47(45,46)30-15-8-3-9-16-30/h1,3-5,8-12,15-22,28,34H,2,6-7,13-14,23-25H2,(H,40,44). The lowest BCUT2D eigenvalue weighted by molar-refractivity contribution is -0.140. The maximum absolute atomic E-state index is 14.6. The number of nitrogens with one attached hydrogen (secondary N) is 1. The Morgan fingerprint density at radius 3 is 2.02 bits per heavy atom. The van der Waals surface area contributed by atoms with Crippen molar-refractivity contribution < 1.29 is 22.4 Å². The third kappa shape index (κ3) is 8.71. The average Bonchev–Trinajstić information content (AvgIpc) is 3.08. The molecule has 1 fully saturated rings. The number of carbonyl (C=O) groups is 2. The fraction of sp³-hybridized carbons (Fsp3) is 0.278. The molecule has 0 aromatic heterocycles. The van der Waals surface area contributed by atoms with Gasteiger partial charge in [-0.1, -0.05) is 97.1 Å². The molecule has 1 atom stereocenters. The van der Waals surface area contributed by atoms with Crippen molar-refractivity contribution in [2.45, 2.75) is 62.0 Å². The Bertz CT molecular complexity index is 1750. The molecule has 0 radical (unpaired) electrons. The Hall–Kier alpha value is -3.92. The van der Waals surface area contributed by atoms with Crippen LogP contribution in [-0.2, 0) is 32.6 Å². The van der Waals surface area contributed by atoms with E-state index in [9.17, 15) is 22.4 Å². The van der Waals surface area contributed by atoms with Gasteiger partial charge in [-0.25, -0.2) is 12.8 Å². The number of nitrogens with zero attached hydrogens (tertiary/aromatic N) is 2. The maximum Gasteiger partial charge on any atom is 0.264 e. The van der Waals surface area contributed by atoms with Crippen molar-refractivity contribution in [1.82, 2.24) is 10.2 Å². The van der Waals surface area contributed by atoms with E-state index in [0.717, 1.165) is 54.1 Å². The summed E-state index contributed by atoms with van der Waals surface area (Å²) in [4.78, 5) is 30.1. The van der Waals surface area contributed by atoms with E-state index in [1.165, 1.54) is 29.2 Å². The number of rotatable bonds is 12. The molecule has 1 saturated carbocycles. The Morgan fingerprint density at radius 2 is 1.40 bits per heavy atom. The van der Waals surface area contributed by atoms with Gasteiger partial charge in [-0.2, -0.15) is 0 Å². The second kappa shape index (κ2) is 15.8. The highest BCUT2D eigenvalue weighted by Crippen LogP contribution is 2.29. The van der Waals surface area contributed by atoms with Gasteiger partial charge in [0.25, 0.3) is 10.0 Å². The van der Waals surface area contributed by atoms with Crippen LogP contribution in [0.3, 0.4) is 0 Å². The second-order valence-corrected chi connectivity index (χ2v) is 14.2. The normalized spacial score (nSPS) is 14.3. The van der Waals surface area contributed by atoms with Crippen molar-refractivity contribution in [2.24, 2.45) is 0 Å². The fourth-order valence-electron chi connectivity index (χ4n) is 5.81. The molecule has 0 spiro atoms. The highest BCUT2D eigenvalue weighted by Gasteiger charge is 2.36. The van der Waals surface area contributed by atoms with Crippen LogP contribution in [0, 0.1) is 5.82 Å². The third-order valence-corrected chi connectivity index (χ3v) is 10.8. The summed E-state index contributed by atoms with van der Waals surface area (Å²) in [5.41, 5.74) is 1.32. The molecule has 2 amide bonds. The minimum atomic E-state index is -4.30. The van der Waals surface area contributed by atoms with Gasteiger partial charge >= 0.3 is 0 Å². The van der Waals surface area contributed by atoms with Crippen LogP contribution < -0.4 is 9.62 Å². The smallest absolute Gasteiger partial charge is 0.264 e. The van der Waals surface area contributed by atoms with E-state index < -0.39 is 34.3 Å². The highest BCUT2D eigenvalue weighted by molar-refractivity contribution is 7.92. The minimum Gasteiger partial charge on any atom is -0.352 e. The lowest BCUT2D eigenvalue weighted by Gasteiger charge is -2.35. The summed E-state index contributed by atoms with van der Waals surface area (Å²) in [5, 5.41) is 3.76. The zero-order valence-electron chi connectivity index (χ0n) is 25.7. The largest absolute Gasteiger partial charge is 0.352 e. The van der Waals surface area contributed by atoms with Crippen molar-refractivity contribution in [3.8, 4) is 0 Å². The molecule has 246 valence electrons. The molecule has 11 heteroatoms. The molecule has 4 aromatic rings. The van der Waals surface area contributed by atoms with Crippen molar-refractivity contribution in [2.75, 3.05) is 10.8 Å². The van der Waals surface area contributed by atoms with E-state index in [4.69, 9.17) is 23.2 Å². The van der Waals surface area contributed by atoms with Crippen molar-refractivity contribution >= 4 is 50.7 Å². The van der Waals surface area contributed by atoms with E-state index >= 15 is 0 Å². The number of benzene rings is 4. The summed E-state index contributed by atoms with van der Waals surface area (Å²) in [6.07, 6.45) is 4.93. The van der Waals surface area contributed by atoms with E-state index in [0.29, 0.717) is 15.6 Å². The molecular formula is C36H36Cl2FN3O4S. The van der Waals surface area contributed by atoms with Gasteiger partial charge in [-0.05, 0) is 66.9 Å². The first-order valence-corrected chi connectivity index (χ1v) is 17.7. The third-order valence-electron chi connectivity index (χ3n) is 8.34. The van der Waals surface area contributed by atoms with Crippen LogP contribution in [0.5, 0.6) is 0 Å². The Labute approximate surface area is 285 Å². The Balaban J connectivity index is 1.58. The lowest BCUT2D eigenvalue weighted by Crippen LogP contribution is -2.55. The molecule has 0 bridgehead atoms. The molecule has 0 saturated heterocycles. The lowest BCUT2D eigenvalue weighted by atomic mass is 9.94. The molecule has 1 N–H and O–H groups in total. The maximum atomic E-state index is 14.6. The van der Waals surface area contributed by atoms with Crippen LogP contribution in [0.1, 0.15) is 43.2 Å². The average molecular weight is 697 g/mol. The topological polar surface area (TPSA) is 86.8 Å². The molecular weight excluding hydrogens is 660 g/mol. The van der Waals surface area contributed by atoms with Gasteiger partial charge in [0.05, 0.1) is 10.6 Å². The molecule has 4 aromatic carbocycles. The van der Waals surface area contributed by atoms with E-state index in [1.807, 2.05) is 30.3 Å². The van der Waals surface area contributed by atoms with Crippen molar-refractivity contribution in [3.05, 3.63) is 130 Å². The number of carbonyl (C=O) groups excluding carboxylic acids is 2. The van der Waals surface area contributed by atoms with Crippen molar-refractivity contribution in [3.63, 3.8) is 0 Å². The summed E-state index contributed by atoms with van der Waals surface area (Å²) < 4.78 is 43.0. The molecule has 0 heterocycles. The number of halogens is 3. The summed E-state index contributed by atoms with van der Waals surface area (Å²) in [7, 11) is -4.30. The van der Waals surface area contributed by atoms with Gasteiger partial charge in [0.1, 0.15) is 18.4 Å². The molecule has 47 heavy (non-hydrogen) atoms. The number of amides is 2. The Kier molecular flexibility index (Phi) is 11.6. The summed E-state index contributed by atoms with van der Waals surface area (Å²) >= 11 is 13.2. The predicted octanol–water partition coefficient (Wildman–Crippen LogP) is 7.42. The first-order chi connectivity index (χ1) is 22.6. The molecule has 5 rings (SSSR count). The predicted molar refractivity (Wildman–Crippen MR) is 183 cm³/mol. The van der Waals surface area contributed by atoms with Crippen LogP contribution in [-0.4, -0.2) is 43.8 Å². The summed E-state index contributed by atoms with van der Waals surface area (Å²) in [6.45, 7) is -0.831. The fourth-order valence-corrected chi connectivity index (χ4v) is 7.76. The number of hydrogen-bond acceptors (Lipinski definition) is 4. The molecule has 1 unspecified atom stereocenters. The van der Waals surface area contributed by atoms with E-state index in [-0.39, 0.29) is 35.5 Å². The van der Waals surface area contributed by atoms with E-state index in [1.54, 1.807) is 36.4 Å². The quantitative estimate of drug-likeness (QED) is 0.167. The van der Waals surface area contributed by atoms with Gasteiger partial charge in [0, 0.05) is 34.6 Å². The van der Waals surface area contributed by atoms with Gasteiger partial charge in [-0.3, -0.25) is 13.9 Å². The number of hydrogen-bond donors (Lipinski definition) is 1. The first kappa shape index (κ1) is 34.4. The van der Waals surface area contributed by atoms with Gasteiger partial charge in [-0.15, -0.1) is 0 Å². The number of anilines is 1. The van der Waals surface area contributed by atoms with Crippen LogP contribution in [0.25, 0.3) is 0 Å². The van der Waals surface area contributed by atoms with Crippen LogP contribution in [0.15, 0.2) is 108 Å². The highest BCUT2D eigenvalue weighted by atomic mass is 35.5. The molecule has 0 aliphatic heterocycles. The Morgan fingerprint density at radius 1 is 0.809 bits per heavy atom. The molecule has 7 nitrogen and oxygen atoms in total. The van der Waals surface area contributed by atoms with Crippen molar-refractivity contribution in [1.29, 1.82) is 0 Å². The minimum absolute atomic E-state index is 0.0375. The molecule has 1 aliphatic rings. The van der Waals surface area contributed by atoms with Crippen LogP contribution in [0.2, 0.25) is 10.0 Å².